The maximum absolute atomic E-state index is 12.4. The maximum Gasteiger partial charge on any atom is 0.244 e. The topological polar surface area (TPSA) is 85.2 Å². The number of hydrogen-bond donors (Lipinski definition) is 1. The third kappa shape index (κ3) is 4.83. The highest BCUT2D eigenvalue weighted by molar-refractivity contribution is 5.76. The monoisotopic (exact) mass is 406 g/mol. The molecule has 2 aromatic carbocycles. The van der Waals surface area contributed by atoms with Crippen LogP contribution < -0.4 is 10.2 Å². The minimum atomic E-state index is -0.160. The van der Waals surface area contributed by atoms with E-state index in [-0.39, 0.29) is 18.5 Å². The zero-order valence-electron chi connectivity index (χ0n) is 17.3. The summed E-state index contributed by atoms with van der Waals surface area (Å²) in [6.45, 7) is 7.34. The molecule has 8 heteroatoms. The van der Waals surface area contributed by atoms with Gasteiger partial charge in [0.1, 0.15) is 6.54 Å². The van der Waals surface area contributed by atoms with E-state index in [0.717, 1.165) is 43.0 Å². The van der Waals surface area contributed by atoms with E-state index in [4.69, 9.17) is 4.74 Å². The van der Waals surface area contributed by atoms with Crippen LogP contribution in [0, 0.1) is 6.92 Å². The number of carbonyl (C=O) groups is 1. The van der Waals surface area contributed by atoms with Crippen molar-refractivity contribution in [3.05, 3.63) is 59.7 Å². The van der Waals surface area contributed by atoms with Gasteiger partial charge in [-0.25, -0.2) is 0 Å². The Morgan fingerprint density at radius 2 is 1.80 bits per heavy atom. The Kier molecular flexibility index (Phi) is 6.04. The minimum absolute atomic E-state index is 0.0229. The molecule has 1 amide bonds. The number of amides is 1. The Morgan fingerprint density at radius 1 is 1.10 bits per heavy atom. The average Bonchev–Trinajstić information content (AvgIpc) is 3.23. The van der Waals surface area contributed by atoms with E-state index in [9.17, 15) is 4.79 Å². The summed E-state index contributed by atoms with van der Waals surface area (Å²) in [5, 5.41) is 15.4. The summed E-state index contributed by atoms with van der Waals surface area (Å²) < 4.78 is 5.40. The van der Waals surface area contributed by atoms with Crippen molar-refractivity contribution < 1.29 is 9.53 Å². The molecule has 0 spiro atoms. The summed E-state index contributed by atoms with van der Waals surface area (Å²) in [6.07, 6.45) is 0. The predicted molar refractivity (Wildman–Crippen MR) is 114 cm³/mol. The number of hydrogen-bond acceptors (Lipinski definition) is 6. The summed E-state index contributed by atoms with van der Waals surface area (Å²) in [6, 6.07) is 16.1. The lowest BCUT2D eigenvalue weighted by molar-refractivity contribution is -0.122. The van der Waals surface area contributed by atoms with Crippen LogP contribution in [0.15, 0.2) is 48.5 Å². The summed E-state index contributed by atoms with van der Waals surface area (Å²) >= 11 is 0. The highest BCUT2D eigenvalue weighted by Crippen LogP contribution is 2.20. The van der Waals surface area contributed by atoms with Gasteiger partial charge in [0.15, 0.2) is 0 Å². The van der Waals surface area contributed by atoms with Gasteiger partial charge in [0.05, 0.1) is 19.3 Å². The van der Waals surface area contributed by atoms with Crippen molar-refractivity contribution >= 4 is 11.6 Å². The fourth-order valence-electron chi connectivity index (χ4n) is 3.42. The van der Waals surface area contributed by atoms with Crippen LogP contribution in [0.1, 0.15) is 24.1 Å². The number of carbonyl (C=O) groups excluding carboxylic acids is 1. The van der Waals surface area contributed by atoms with Gasteiger partial charge in [-0.05, 0) is 36.8 Å². The fraction of sp³-hybridized carbons (Fsp3) is 0.364. The molecule has 1 aliphatic rings. The van der Waals surface area contributed by atoms with Crippen molar-refractivity contribution in [2.45, 2.75) is 26.4 Å². The van der Waals surface area contributed by atoms with Crippen LogP contribution in [0.4, 0.5) is 5.69 Å². The summed E-state index contributed by atoms with van der Waals surface area (Å²) in [5.41, 5.74) is 4.27. The van der Waals surface area contributed by atoms with Gasteiger partial charge < -0.3 is 15.0 Å². The average molecular weight is 406 g/mol. The number of ether oxygens (including phenoxy) is 1. The first-order valence-electron chi connectivity index (χ1n) is 10.2. The maximum atomic E-state index is 12.4. The molecule has 0 bridgehead atoms. The van der Waals surface area contributed by atoms with Crippen molar-refractivity contribution in [2.75, 3.05) is 31.2 Å². The molecule has 30 heavy (non-hydrogen) atoms. The van der Waals surface area contributed by atoms with Gasteiger partial charge in [-0.15, -0.1) is 10.2 Å². The normalized spacial score (nSPS) is 15.1. The van der Waals surface area contributed by atoms with Crippen LogP contribution in [0.25, 0.3) is 11.4 Å². The number of benzene rings is 2. The number of aromatic nitrogens is 4. The SMILES string of the molecule is Cc1ccc(-c2nnn(CC(=O)N[C@H](C)c3ccc(N4CCOCC4)cc3)n2)cc1. The third-order valence-electron chi connectivity index (χ3n) is 5.19. The first kappa shape index (κ1) is 20.0. The van der Waals surface area contributed by atoms with E-state index in [0.29, 0.717) is 5.82 Å². The standard InChI is InChI=1S/C22H26N6O2/c1-16-3-5-19(6-4-16)22-24-26-28(25-22)15-21(29)23-17(2)18-7-9-20(10-8-18)27-11-13-30-14-12-27/h3-10,17H,11-15H2,1-2H3,(H,23,29)/t17-/m1/s1. The second-order valence-electron chi connectivity index (χ2n) is 7.49. The van der Waals surface area contributed by atoms with Gasteiger partial charge in [0.25, 0.3) is 0 Å². The third-order valence-corrected chi connectivity index (χ3v) is 5.19. The molecule has 0 radical (unpaired) electrons. The Bertz CT molecular complexity index is 978. The molecule has 0 aliphatic carbocycles. The minimum Gasteiger partial charge on any atom is -0.378 e. The molecule has 3 aromatic rings. The van der Waals surface area contributed by atoms with E-state index in [1.54, 1.807) is 0 Å². The summed E-state index contributed by atoms with van der Waals surface area (Å²) in [7, 11) is 0. The molecule has 1 aliphatic heterocycles. The van der Waals surface area contributed by atoms with Crippen LogP contribution in [0.2, 0.25) is 0 Å². The molecule has 1 saturated heterocycles. The molecule has 0 saturated carbocycles. The molecule has 0 unspecified atom stereocenters. The predicted octanol–water partition coefficient (Wildman–Crippen LogP) is 2.36. The highest BCUT2D eigenvalue weighted by Gasteiger charge is 2.15. The van der Waals surface area contributed by atoms with Crippen molar-refractivity contribution in [3.63, 3.8) is 0 Å². The van der Waals surface area contributed by atoms with E-state index >= 15 is 0 Å². The zero-order chi connectivity index (χ0) is 20.9. The molecule has 2 heterocycles. The number of anilines is 1. The summed E-state index contributed by atoms with van der Waals surface area (Å²) in [4.78, 5) is 16.1. The van der Waals surface area contributed by atoms with Crippen molar-refractivity contribution in [1.29, 1.82) is 0 Å². The second-order valence-corrected chi connectivity index (χ2v) is 7.49. The van der Waals surface area contributed by atoms with E-state index < -0.39 is 0 Å². The highest BCUT2D eigenvalue weighted by atomic mass is 16.5. The number of nitrogens with zero attached hydrogens (tertiary/aromatic N) is 5. The first-order valence-corrected chi connectivity index (χ1v) is 10.2. The Labute approximate surface area is 175 Å². The van der Waals surface area contributed by atoms with Crippen LogP contribution in [-0.2, 0) is 16.1 Å². The number of rotatable bonds is 6. The van der Waals surface area contributed by atoms with E-state index in [1.165, 1.54) is 10.5 Å². The lowest BCUT2D eigenvalue weighted by Crippen LogP contribution is -2.36. The number of nitrogens with one attached hydrogen (secondary N) is 1. The number of tetrazole rings is 1. The van der Waals surface area contributed by atoms with Crippen LogP contribution >= 0.6 is 0 Å². The molecule has 1 N–H and O–H groups in total. The Balaban J connectivity index is 1.33. The molecule has 1 aromatic heterocycles. The van der Waals surface area contributed by atoms with Gasteiger partial charge in [0.2, 0.25) is 11.7 Å². The Morgan fingerprint density at radius 3 is 2.50 bits per heavy atom. The molecular formula is C22H26N6O2. The van der Waals surface area contributed by atoms with E-state index in [2.05, 4.69) is 49.9 Å². The molecule has 1 fully saturated rings. The van der Waals surface area contributed by atoms with Gasteiger partial charge in [-0.2, -0.15) is 4.80 Å². The van der Waals surface area contributed by atoms with Crippen molar-refractivity contribution in [1.82, 2.24) is 25.5 Å². The molecule has 4 rings (SSSR count). The zero-order valence-corrected chi connectivity index (χ0v) is 17.3. The van der Waals surface area contributed by atoms with Crippen molar-refractivity contribution in [2.24, 2.45) is 0 Å². The largest absolute Gasteiger partial charge is 0.378 e. The molecular weight excluding hydrogens is 380 g/mol. The van der Waals surface area contributed by atoms with Gasteiger partial charge in [-0.3, -0.25) is 4.79 Å². The van der Waals surface area contributed by atoms with Gasteiger partial charge >= 0.3 is 0 Å². The van der Waals surface area contributed by atoms with Crippen LogP contribution in [-0.4, -0.2) is 52.4 Å². The number of morpholine rings is 1. The van der Waals surface area contributed by atoms with E-state index in [1.807, 2.05) is 38.1 Å². The van der Waals surface area contributed by atoms with Crippen LogP contribution in [0.5, 0.6) is 0 Å². The lowest BCUT2D eigenvalue weighted by atomic mass is 10.1. The van der Waals surface area contributed by atoms with Gasteiger partial charge in [-0.1, -0.05) is 42.0 Å². The molecule has 8 nitrogen and oxygen atoms in total. The van der Waals surface area contributed by atoms with Crippen LogP contribution in [0.3, 0.4) is 0 Å². The first-order chi connectivity index (χ1) is 14.6. The second kappa shape index (κ2) is 9.04. The summed E-state index contributed by atoms with van der Waals surface area (Å²) in [5.74, 6) is 0.349. The fourth-order valence-corrected chi connectivity index (χ4v) is 3.42. The quantitative estimate of drug-likeness (QED) is 0.676. The molecule has 156 valence electrons. The smallest absolute Gasteiger partial charge is 0.244 e. The number of aryl methyl sites for hydroxylation is 1. The lowest BCUT2D eigenvalue weighted by Gasteiger charge is -2.29. The molecule has 1 atom stereocenters. The van der Waals surface area contributed by atoms with Crippen molar-refractivity contribution in [3.8, 4) is 11.4 Å². The Hall–Kier alpha value is -3.26. The van der Waals surface area contributed by atoms with Gasteiger partial charge in [0, 0.05) is 24.3 Å².